The zero-order valence-electron chi connectivity index (χ0n) is 29.5. The molecule has 0 aromatic heterocycles. The number of hydrogen-bond acceptors (Lipinski definition) is 1. The lowest BCUT2D eigenvalue weighted by molar-refractivity contribution is -0.0819. The van der Waals surface area contributed by atoms with E-state index >= 15 is 0 Å². The van der Waals surface area contributed by atoms with Gasteiger partial charge in [-0.15, -0.1) is 9.24 Å². The van der Waals surface area contributed by atoms with Gasteiger partial charge in [-0.05, 0) is 128 Å². The Hall–Kier alpha value is -0.940. The maximum absolute atomic E-state index is 4.53. The van der Waals surface area contributed by atoms with E-state index in [0.717, 1.165) is 41.2 Å². The molecule has 4 aliphatic rings. The molecule has 8 atom stereocenters. The molecule has 0 aromatic carbocycles. The van der Waals surface area contributed by atoms with Gasteiger partial charge in [-0.1, -0.05) is 105 Å². The lowest BCUT2D eigenvalue weighted by Crippen LogP contribution is -2.53. The van der Waals surface area contributed by atoms with Crippen molar-refractivity contribution in [1.82, 2.24) is 0 Å². The second-order valence-electron chi connectivity index (χ2n) is 13.5. The van der Waals surface area contributed by atoms with E-state index in [2.05, 4.69) is 68.1 Å². The summed E-state index contributed by atoms with van der Waals surface area (Å²) in [6, 6.07) is 0. The van der Waals surface area contributed by atoms with E-state index in [1.54, 1.807) is 12.6 Å². The normalized spacial score (nSPS) is 36.2. The van der Waals surface area contributed by atoms with Crippen LogP contribution in [0.1, 0.15) is 146 Å². The summed E-state index contributed by atoms with van der Waals surface area (Å²) in [6.45, 7) is 30.6. The molecule has 0 aliphatic heterocycles. The Balaban J connectivity index is 0.000000509. The zero-order valence-corrected chi connectivity index (χ0v) is 30.6. The minimum Gasteiger partial charge on any atom is -0.296 e. The molecule has 7 unspecified atom stereocenters. The fourth-order valence-corrected chi connectivity index (χ4v) is 9.10. The van der Waals surface area contributed by atoms with Crippen LogP contribution in [0.2, 0.25) is 0 Å². The summed E-state index contributed by atoms with van der Waals surface area (Å²) in [4.78, 5) is 3.92. The number of nitrogens with zero attached hydrogens (tertiary/aromatic N) is 1. The van der Waals surface area contributed by atoms with Crippen molar-refractivity contribution in [2.75, 3.05) is 7.05 Å². The van der Waals surface area contributed by atoms with Crippen LogP contribution < -0.4 is 0 Å². The minimum atomic E-state index is 0.453. The lowest BCUT2D eigenvalue weighted by Gasteiger charge is -2.61. The highest BCUT2D eigenvalue weighted by Gasteiger charge is 2.57. The lowest BCUT2D eigenvalue weighted by atomic mass is 9.44. The fraction of sp³-hybridized carbons (Fsp3) is 0.769. The predicted octanol–water partition coefficient (Wildman–Crippen LogP) is 12.6. The zero-order chi connectivity index (χ0) is 31.4. The Morgan fingerprint density at radius 3 is 2.17 bits per heavy atom. The van der Waals surface area contributed by atoms with Gasteiger partial charge in [0.2, 0.25) is 0 Å². The summed E-state index contributed by atoms with van der Waals surface area (Å²) >= 11 is 0. The Morgan fingerprint density at radius 2 is 1.61 bits per heavy atom. The average Bonchev–Trinajstić information content (AvgIpc) is 3.11. The molecule has 0 spiro atoms. The molecular formula is C39H70NP. The summed E-state index contributed by atoms with van der Waals surface area (Å²) in [7, 11) is 4.96. The van der Waals surface area contributed by atoms with Crippen molar-refractivity contribution < 1.29 is 0 Å². The summed E-state index contributed by atoms with van der Waals surface area (Å²) in [5.41, 5.74) is 6.68. The van der Waals surface area contributed by atoms with E-state index in [1.807, 2.05) is 52.5 Å². The highest BCUT2D eigenvalue weighted by Crippen LogP contribution is 2.66. The monoisotopic (exact) mass is 584 g/mol. The topological polar surface area (TPSA) is 12.4 Å². The Labute approximate surface area is 260 Å². The molecule has 0 saturated heterocycles. The van der Waals surface area contributed by atoms with E-state index in [9.17, 15) is 0 Å². The largest absolute Gasteiger partial charge is 0.296 e. The highest BCUT2D eigenvalue weighted by atomic mass is 31.0. The van der Waals surface area contributed by atoms with Crippen LogP contribution in [0.4, 0.5) is 0 Å². The molecule has 236 valence electrons. The van der Waals surface area contributed by atoms with Gasteiger partial charge in [0.15, 0.2) is 0 Å². The average molecular weight is 584 g/mol. The third-order valence-corrected chi connectivity index (χ3v) is 12.0. The molecule has 3 saturated carbocycles. The van der Waals surface area contributed by atoms with Crippen LogP contribution >= 0.6 is 9.24 Å². The first-order valence-corrected chi connectivity index (χ1v) is 18.0. The van der Waals surface area contributed by atoms with E-state index in [0.29, 0.717) is 16.0 Å². The molecule has 2 heteroatoms. The van der Waals surface area contributed by atoms with Crippen molar-refractivity contribution in [3.63, 3.8) is 0 Å². The van der Waals surface area contributed by atoms with Gasteiger partial charge >= 0.3 is 0 Å². The molecule has 0 amide bonds. The van der Waals surface area contributed by atoms with Crippen molar-refractivity contribution >= 4 is 15.5 Å². The number of allylic oxidation sites excluding steroid dienone is 6. The Bertz CT molecular complexity index is 920. The van der Waals surface area contributed by atoms with E-state index in [1.165, 1.54) is 70.6 Å². The van der Waals surface area contributed by atoms with Crippen LogP contribution in [0.3, 0.4) is 0 Å². The molecule has 3 fully saturated rings. The Morgan fingerprint density at radius 1 is 0.951 bits per heavy atom. The van der Waals surface area contributed by atoms with Gasteiger partial charge in [0, 0.05) is 13.3 Å². The maximum Gasteiger partial charge on any atom is 0.0280 e. The molecule has 0 radical (unpaired) electrons. The summed E-state index contributed by atoms with van der Waals surface area (Å²) in [6.07, 6.45) is 22.9. The van der Waals surface area contributed by atoms with Gasteiger partial charge in [0.1, 0.15) is 0 Å². The van der Waals surface area contributed by atoms with Crippen LogP contribution in [-0.2, 0) is 0 Å². The van der Waals surface area contributed by atoms with Crippen molar-refractivity contribution in [3.05, 3.63) is 47.6 Å². The van der Waals surface area contributed by atoms with Gasteiger partial charge in [0.05, 0.1) is 0 Å². The molecule has 1 nitrogen and oxygen atoms in total. The molecular weight excluding hydrogens is 513 g/mol. The first-order chi connectivity index (χ1) is 19.5. The van der Waals surface area contributed by atoms with E-state index in [4.69, 9.17) is 0 Å². The minimum absolute atomic E-state index is 0.453. The van der Waals surface area contributed by atoms with Crippen LogP contribution in [-0.4, -0.2) is 18.4 Å². The molecule has 0 aromatic rings. The summed E-state index contributed by atoms with van der Waals surface area (Å²) < 4.78 is 0. The van der Waals surface area contributed by atoms with E-state index < -0.39 is 0 Å². The highest BCUT2D eigenvalue weighted by molar-refractivity contribution is 7.18. The summed E-state index contributed by atoms with van der Waals surface area (Å²) in [5.74, 6) is 3.57. The second-order valence-corrected chi connectivity index (χ2v) is 14.9. The number of fused-ring (bicyclic) bond motifs is 5. The van der Waals surface area contributed by atoms with Crippen molar-refractivity contribution in [3.8, 4) is 0 Å². The van der Waals surface area contributed by atoms with Crippen molar-refractivity contribution in [1.29, 1.82) is 0 Å². The van der Waals surface area contributed by atoms with E-state index in [-0.39, 0.29) is 0 Å². The smallest absolute Gasteiger partial charge is 0.0280 e. The third kappa shape index (κ3) is 8.80. The van der Waals surface area contributed by atoms with Gasteiger partial charge < -0.3 is 0 Å². The van der Waals surface area contributed by atoms with Crippen molar-refractivity contribution in [2.24, 2.45) is 39.5 Å². The second kappa shape index (κ2) is 17.4. The van der Waals surface area contributed by atoms with Gasteiger partial charge in [-0.3, -0.25) is 4.99 Å². The first-order valence-electron chi connectivity index (χ1n) is 17.4. The van der Waals surface area contributed by atoms with Gasteiger partial charge in [-0.25, -0.2) is 0 Å². The van der Waals surface area contributed by atoms with Crippen LogP contribution in [0.5, 0.6) is 0 Å². The number of rotatable bonds is 5. The molecule has 41 heavy (non-hydrogen) atoms. The molecule has 0 N–H and O–H groups in total. The molecule has 0 heterocycles. The number of aliphatic imine (C=N–C) groups is 1. The van der Waals surface area contributed by atoms with Gasteiger partial charge in [0.25, 0.3) is 0 Å². The van der Waals surface area contributed by atoms with Crippen LogP contribution in [0.15, 0.2) is 52.6 Å². The maximum atomic E-state index is 4.53. The molecule has 4 rings (SSSR count). The van der Waals surface area contributed by atoms with Crippen LogP contribution in [0, 0.1) is 34.5 Å². The summed E-state index contributed by atoms with van der Waals surface area (Å²) in [5, 5.41) is 0.453. The Kier molecular flexibility index (Phi) is 16.1. The number of hydrogen-bond donors (Lipinski definition) is 0. The predicted molar refractivity (Wildman–Crippen MR) is 192 cm³/mol. The van der Waals surface area contributed by atoms with Gasteiger partial charge in [-0.2, -0.15) is 0 Å². The fourth-order valence-electron chi connectivity index (χ4n) is 8.81. The first kappa shape index (κ1) is 38.1. The standard InChI is InChI=1S/C26H43P.C9H15N.2C2H6/c1-6-18(2)21-8-7-9-22-20-11-10-19-12-14-24(3,27)16-17-25(19,4)23(20)13-15-26(21,22)5;1-5-8(3)9(6-2)7-10-4;2*1-2/h10,20-23H,2,6-9,11-17,27H2,1,3-5H3;6-7H,3,5H2,1-2,4H3;2*1-2H3/b;9-6+,10-7?;;/t20?,21?,22?,23?,24-,25?,26?;;;/m0.../s1. The SMILES string of the molecule is C=C(CC)/C(C=NC)=C/C.C=C(CC)C1CCCC2C3CC=C4CC[C@](C)(P)CCC4(C)C3CCC12C.CC.CC. The third-order valence-electron chi connectivity index (χ3n) is 11.4. The molecule has 4 aliphatic carbocycles. The van der Waals surface area contributed by atoms with Crippen LogP contribution in [0.25, 0.3) is 0 Å². The quantitative estimate of drug-likeness (QED) is 0.132. The van der Waals surface area contributed by atoms with Crippen molar-refractivity contribution in [2.45, 2.75) is 151 Å². The molecule has 0 bridgehead atoms.